The van der Waals surface area contributed by atoms with Crippen molar-refractivity contribution in [2.75, 3.05) is 7.11 Å². The molecular weight excluding hydrogens is 1220 g/mol. The van der Waals surface area contributed by atoms with Crippen LogP contribution in [0, 0.1) is 0 Å². The smallest absolute Gasteiger partial charge is 0.491 e. The van der Waals surface area contributed by atoms with Gasteiger partial charge in [0, 0.05) is 109 Å². The summed E-state index contributed by atoms with van der Waals surface area (Å²) in [6, 6.07) is 74.2. The van der Waals surface area contributed by atoms with E-state index in [1.54, 1.807) is 43.9 Å². The number of benzene rings is 6. The molecule has 6 aromatic carbocycles. The van der Waals surface area contributed by atoms with Crippen molar-refractivity contribution in [3.05, 3.63) is 276 Å². The van der Waals surface area contributed by atoms with Gasteiger partial charge < -0.3 is 23.9 Å². The monoisotopic (exact) mass is 1260 g/mol. The van der Waals surface area contributed by atoms with Crippen LogP contribution < -0.4 is 10.2 Å². The number of halogens is 3. The molecule has 14 nitrogen and oxygen atoms in total. The van der Waals surface area contributed by atoms with Crippen molar-refractivity contribution < 1.29 is 19.6 Å². The van der Waals surface area contributed by atoms with Crippen molar-refractivity contribution in [2.24, 2.45) is 0 Å². The van der Waals surface area contributed by atoms with Gasteiger partial charge in [-0.2, -0.15) is 0 Å². The van der Waals surface area contributed by atoms with Crippen LogP contribution in [-0.4, -0.2) is 79.0 Å². The SMILES string of the molecule is COc1cccnc1-c1cccnc1Cl.O=Cc1cccnc1Br.OB(O)c1cccnc1Cl.c1ccc(-n2c3ccccc3c3cc(-c4nc5c6cccnc6c6cccnc6n5c4-c4ccc5c(c4)c4ccccc4n5-c4ccccc4)ccc32)cc1. The number of imidazole rings is 1. The maximum absolute atomic E-state index is 10.2. The van der Waals surface area contributed by atoms with Crippen LogP contribution >= 0.6 is 39.1 Å². The number of ether oxygens (including phenoxy) is 1. The minimum Gasteiger partial charge on any atom is -0.494 e. The predicted molar refractivity (Wildman–Crippen MR) is 361 cm³/mol. The Hall–Kier alpha value is -10.5. The number of nitrogens with zero attached hydrogens (tertiary/aromatic N) is 10. The number of hydrogen-bond acceptors (Lipinski definition) is 11. The van der Waals surface area contributed by atoms with Gasteiger partial charge in [0.15, 0.2) is 6.29 Å². The van der Waals surface area contributed by atoms with Crippen molar-refractivity contribution >= 4 is 129 Å². The maximum Gasteiger partial charge on any atom is 0.491 e. The first-order valence-corrected chi connectivity index (χ1v) is 29.6. The van der Waals surface area contributed by atoms with E-state index >= 15 is 0 Å². The molecule has 0 aliphatic heterocycles. The Morgan fingerprint density at radius 2 is 0.978 bits per heavy atom. The number of hydrogen-bond donors (Lipinski definition) is 2. The number of methoxy groups -OCH3 is 1. The van der Waals surface area contributed by atoms with Gasteiger partial charge in [-0.15, -0.1) is 0 Å². The highest BCUT2D eigenvalue weighted by Crippen LogP contribution is 2.43. The molecule has 0 radical (unpaired) electrons. The molecule has 18 heteroatoms. The highest BCUT2D eigenvalue weighted by atomic mass is 79.9. The van der Waals surface area contributed by atoms with Crippen molar-refractivity contribution in [2.45, 2.75) is 0 Å². The highest BCUT2D eigenvalue weighted by molar-refractivity contribution is 9.10. The number of para-hydroxylation sites is 4. The first-order valence-electron chi connectivity index (χ1n) is 28.0. The number of pyridine rings is 7. The van der Waals surface area contributed by atoms with E-state index in [1.165, 1.54) is 44.8 Å². The summed E-state index contributed by atoms with van der Waals surface area (Å²) in [5.41, 5.74) is 15.7. The highest BCUT2D eigenvalue weighted by Gasteiger charge is 2.25. The number of aldehydes is 1. The first kappa shape index (κ1) is 57.6. The van der Waals surface area contributed by atoms with Gasteiger partial charge in [-0.1, -0.05) is 114 Å². The third-order valence-corrected chi connectivity index (χ3v) is 16.4. The largest absolute Gasteiger partial charge is 0.494 e. The summed E-state index contributed by atoms with van der Waals surface area (Å²) in [6.45, 7) is 0. The normalized spacial score (nSPS) is 11.1. The predicted octanol–water partition coefficient (Wildman–Crippen LogP) is 15.8. The van der Waals surface area contributed by atoms with E-state index in [9.17, 15) is 4.79 Å². The van der Waals surface area contributed by atoms with Crippen LogP contribution in [0.3, 0.4) is 0 Å². The lowest BCUT2D eigenvalue weighted by Crippen LogP contribution is -2.31. The Labute approximate surface area is 527 Å². The second-order valence-electron chi connectivity index (χ2n) is 20.2. The van der Waals surface area contributed by atoms with Crippen molar-refractivity contribution in [1.29, 1.82) is 0 Å². The number of aromatic nitrogens is 10. The molecule has 0 saturated carbocycles. The molecule has 0 fully saturated rings. The molecule has 10 heterocycles. The van der Waals surface area contributed by atoms with E-state index < -0.39 is 7.12 Å². The molecule has 0 aliphatic rings. The number of rotatable bonds is 8. The average molecular weight is 1270 g/mol. The second-order valence-corrected chi connectivity index (χ2v) is 21.7. The molecule has 10 aromatic heterocycles. The van der Waals surface area contributed by atoms with Crippen LogP contribution in [0.25, 0.3) is 116 Å². The molecule has 0 spiro atoms. The zero-order chi connectivity index (χ0) is 61.0. The molecule has 16 rings (SSSR count). The number of fused-ring (bicyclic) bond motifs is 12. The molecule has 2 N–H and O–H groups in total. The molecule has 0 bridgehead atoms. The molecule has 0 amide bonds. The fourth-order valence-corrected chi connectivity index (χ4v) is 12.0. The summed E-state index contributed by atoms with van der Waals surface area (Å²) >= 11 is 14.6. The van der Waals surface area contributed by atoms with Crippen molar-refractivity contribution in [1.82, 2.24) is 48.4 Å². The van der Waals surface area contributed by atoms with Crippen LogP contribution in [0.1, 0.15) is 10.4 Å². The van der Waals surface area contributed by atoms with E-state index in [2.05, 4.69) is 207 Å². The van der Waals surface area contributed by atoms with E-state index in [4.69, 9.17) is 52.9 Å². The lowest BCUT2D eigenvalue weighted by atomic mass is 9.82. The van der Waals surface area contributed by atoms with E-state index in [-0.39, 0.29) is 10.6 Å². The van der Waals surface area contributed by atoms with Crippen LogP contribution in [0.5, 0.6) is 5.75 Å². The standard InChI is InChI=1S/C49H30N6.C11H9ClN2O.C6H4BrNO.C5H5BClNO2/c1-3-13-33(14-4-1)53-41-21-9-7-17-35(41)39-29-31(23-25-43(39)53)45-47(55-48-37(19-12-28-51-48)46-38(49(55)52-45)20-11-27-50-46)32-24-26-44-40(30-32)36-18-8-10-22-42(36)54(44)34-15-5-2-6-16-34;1-15-9-5-3-6-13-10(9)8-4-2-7-14-11(8)12;7-6-5(4-9)2-1-3-8-6;7-5-4(6(9)10)2-1-3-8-5/h1-30H;2-7H,1H3;1-4H;1-3,9-10H. The summed E-state index contributed by atoms with van der Waals surface area (Å²) in [6.07, 6.45) is 10.9. The molecular formula is C71H48BBrCl2N10O4. The summed E-state index contributed by atoms with van der Waals surface area (Å²) in [5.74, 6) is 0.687. The molecule has 0 aliphatic carbocycles. The van der Waals surface area contributed by atoms with Gasteiger partial charge in [0.2, 0.25) is 0 Å². The van der Waals surface area contributed by atoms with Crippen molar-refractivity contribution in [3.63, 3.8) is 0 Å². The van der Waals surface area contributed by atoms with Gasteiger partial charge >= 0.3 is 7.12 Å². The van der Waals surface area contributed by atoms with Gasteiger partial charge in [0.05, 0.1) is 46.1 Å². The average Bonchev–Trinajstić information content (AvgIpc) is 1.78. The summed E-state index contributed by atoms with van der Waals surface area (Å²) < 4.78 is 12.8. The molecule has 16 aromatic rings. The minimum atomic E-state index is -1.54. The minimum absolute atomic E-state index is 0.123. The summed E-state index contributed by atoms with van der Waals surface area (Å²) in [4.78, 5) is 41.3. The van der Waals surface area contributed by atoms with Gasteiger partial charge in [-0.3, -0.25) is 19.2 Å². The quantitative estimate of drug-likeness (QED) is 0.0642. The van der Waals surface area contributed by atoms with Gasteiger partial charge in [0.25, 0.3) is 0 Å². The van der Waals surface area contributed by atoms with E-state index in [1.807, 2.05) is 48.8 Å². The Kier molecular flexibility index (Phi) is 16.5. The molecule has 0 saturated heterocycles. The van der Waals surface area contributed by atoms with Crippen LogP contribution in [0.15, 0.2) is 260 Å². The zero-order valence-corrected chi connectivity index (χ0v) is 50.3. The zero-order valence-electron chi connectivity index (χ0n) is 47.2. The lowest BCUT2D eigenvalue weighted by Gasteiger charge is -2.11. The second kappa shape index (κ2) is 25.5. The Morgan fingerprint density at radius 3 is 1.57 bits per heavy atom. The molecule has 0 unspecified atom stereocenters. The topological polar surface area (TPSA) is 171 Å². The lowest BCUT2D eigenvalue weighted by molar-refractivity contribution is 0.112. The van der Waals surface area contributed by atoms with Gasteiger partial charge in [0.1, 0.15) is 37.6 Å². The van der Waals surface area contributed by atoms with Gasteiger partial charge in [-0.25, -0.2) is 24.9 Å². The fourth-order valence-electron chi connectivity index (χ4n) is 11.2. The third kappa shape index (κ3) is 11.1. The summed E-state index contributed by atoms with van der Waals surface area (Å²) in [7, 11) is 0.0614. The molecule has 89 heavy (non-hydrogen) atoms. The third-order valence-electron chi connectivity index (χ3n) is 15.1. The van der Waals surface area contributed by atoms with Crippen LogP contribution in [0.4, 0.5) is 0 Å². The van der Waals surface area contributed by atoms with E-state index in [0.717, 1.165) is 84.4 Å². The fraction of sp³-hybridized carbons (Fsp3) is 0.0141. The molecule has 430 valence electrons. The molecule has 0 atom stereocenters. The maximum atomic E-state index is 10.2. The number of carbonyl (C=O) groups is 1. The Balaban J connectivity index is 0.000000173. The first-order chi connectivity index (χ1) is 43.7. The summed E-state index contributed by atoms with van der Waals surface area (Å²) in [5, 5.41) is 24.5. The van der Waals surface area contributed by atoms with Crippen LogP contribution in [-0.2, 0) is 0 Å². The Bertz CT molecular complexity index is 5280. The van der Waals surface area contributed by atoms with E-state index in [0.29, 0.717) is 26.8 Å². The Morgan fingerprint density at radius 1 is 0.472 bits per heavy atom. The van der Waals surface area contributed by atoms with Crippen molar-refractivity contribution in [3.8, 4) is 50.9 Å². The van der Waals surface area contributed by atoms with Gasteiger partial charge in [-0.05, 0) is 143 Å². The van der Waals surface area contributed by atoms with Crippen LogP contribution in [0.2, 0.25) is 10.3 Å². The number of carbonyl (C=O) groups excluding carboxylic acids is 1.